The third-order valence-corrected chi connectivity index (χ3v) is 4.09. The van der Waals surface area contributed by atoms with Crippen LogP contribution in [0.4, 0.5) is 0 Å². The van der Waals surface area contributed by atoms with Crippen LogP contribution in [0.1, 0.15) is 25.0 Å². The highest BCUT2D eigenvalue weighted by Gasteiger charge is 2.06. The molecule has 23 heavy (non-hydrogen) atoms. The van der Waals surface area contributed by atoms with E-state index < -0.39 is 0 Å². The standard InChI is InChI=1S/C22H23N/c1-16(2)13-18-8-6-9-19(14-18)20-11-12-23-22(15-20)21-10-5-4-7-17(21)3/h4-12,14-16H,13H2,1-3H3. The van der Waals surface area contributed by atoms with E-state index >= 15 is 0 Å². The Hall–Kier alpha value is -2.41. The summed E-state index contributed by atoms with van der Waals surface area (Å²) in [7, 11) is 0. The molecule has 1 heterocycles. The van der Waals surface area contributed by atoms with E-state index in [4.69, 9.17) is 0 Å². The van der Waals surface area contributed by atoms with E-state index in [1.165, 1.54) is 27.8 Å². The smallest absolute Gasteiger partial charge is 0.0710 e. The van der Waals surface area contributed by atoms with Crippen molar-refractivity contribution in [3.63, 3.8) is 0 Å². The van der Waals surface area contributed by atoms with Crippen LogP contribution in [0.3, 0.4) is 0 Å². The van der Waals surface area contributed by atoms with Crippen LogP contribution in [-0.2, 0) is 6.42 Å². The summed E-state index contributed by atoms with van der Waals surface area (Å²) in [6, 6.07) is 21.5. The maximum absolute atomic E-state index is 4.57. The molecule has 3 aromatic rings. The predicted molar refractivity (Wildman–Crippen MR) is 98.4 cm³/mol. The average molecular weight is 301 g/mol. The summed E-state index contributed by atoms with van der Waals surface area (Å²) < 4.78 is 0. The lowest BCUT2D eigenvalue weighted by Gasteiger charge is -2.10. The minimum absolute atomic E-state index is 0.671. The first-order chi connectivity index (χ1) is 11.1. The minimum Gasteiger partial charge on any atom is -0.256 e. The number of hydrogen-bond donors (Lipinski definition) is 0. The van der Waals surface area contributed by atoms with Crippen molar-refractivity contribution in [3.05, 3.63) is 78.0 Å². The average Bonchev–Trinajstić information content (AvgIpc) is 2.55. The summed E-state index contributed by atoms with van der Waals surface area (Å²) in [6.07, 6.45) is 3.02. The maximum Gasteiger partial charge on any atom is 0.0710 e. The molecule has 2 aromatic carbocycles. The van der Waals surface area contributed by atoms with Gasteiger partial charge in [0.2, 0.25) is 0 Å². The van der Waals surface area contributed by atoms with Crippen molar-refractivity contribution in [1.29, 1.82) is 0 Å². The molecule has 0 aliphatic carbocycles. The number of hydrogen-bond acceptors (Lipinski definition) is 1. The van der Waals surface area contributed by atoms with E-state index in [0.29, 0.717) is 5.92 Å². The molecule has 0 aliphatic heterocycles. The molecule has 0 bridgehead atoms. The molecule has 0 spiro atoms. The van der Waals surface area contributed by atoms with E-state index in [1.807, 2.05) is 6.20 Å². The summed E-state index contributed by atoms with van der Waals surface area (Å²) in [6.45, 7) is 6.65. The quantitative estimate of drug-likeness (QED) is 0.582. The third kappa shape index (κ3) is 3.68. The van der Waals surface area contributed by atoms with Crippen LogP contribution in [-0.4, -0.2) is 4.98 Å². The zero-order valence-electron chi connectivity index (χ0n) is 14.1. The van der Waals surface area contributed by atoms with E-state index in [-0.39, 0.29) is 0 Å². The Labute approximate surface area is 139 Å². The van der Waals surface area contributed by atoms with Crippen LogP contribution in [0.25, 0.3) is 22.4 Å². The van der Waals surface area contributed by atoms with Crippen molar-refractivity contribution in [2.24, 2.45) is 5.92 Å². The number of pyridine rings is 1. The molecule has 1 heteroatoms. The summed E-state index contributed by atoms with van der Waals surface area (Å²) in [5.41, 5.74) is 7.38. The second-order valence-electron chi connectivity index (χ2n) is 6.54. The van der Waals surface area contributed by atoms with E-state index in [2.05, 4.69) is 86.4 Å². The molecule has 0 aliphatic rings. The Morgan fingerprint density at radius 2 is 1.65 bits per heavy atom. The fourth-order valence-electron chi connectivity index (χ4n) is 2.97. The van der Waals surface area contributed by atoms with Crippen molar-refractivity contribution >= 4 is 0 Å². The SMILES string of the molecule is Cc1ccccc1-c1cc(-c2cccc(CC(C)C)c2)ccn1. The van der Waals surface area contributed by atoms with Gasteiger partial charge in [-0.15, -0.1) is 0 Å². The van der Waals surface area contributed by atoms with Crippen molar-refractivity contribution in [2.45, 2.75) is 27.2 Å². The molecule has 0 atom stereocenters. The Morgan fingerprint density at radius 3 is 2.43 bits per heavy atom. The summed E-state index contributed by atoms with van der Waals surface area (Å²) in [4.78, 5) is 4.57. The zero-order valence-corrected chi connectivity index (χ0v) is 14.1. The molecule has 0 saturated heterocycles. The number of rotatable bonds is 4. The lowest BCUT2D eigenvalue weighted by molar-refractivity contribution is 0.647. The zero-order chi connectivity index (χ0) is 16.2. The van der Waals surface area contributed by atoms with Gasteiger partial charge >= 0.3 is 0 Å². The number of aromatic nitrogens is 1. The van der Waals surface area contributed by atoms with Crippen molar-refractivity contribution in [2.75, 3.05) is 0 Å². The van der Waals surface area contributed by atoms with E-state index in [9.17, 15) is 0 Å². The largest absolute Gasteiger partial charge is 0.256 e. The number of nitrogens with zero attached hydrogens (tertiary/aromatic N) is 1. The van der Waals surface area contributed by atoms with Crippen molar-refractivity contribution < 1.29 is 0 Å². The Kier molecular flexibility index (Phi) is 4.57. The fraction of sp³-hybridized carbons (Fsp3) is 0.227. The third-order valence-electron chi connectivity index (χ3n) is 4.09. The lowest BCUT2D eigenvalue weighted by Crippen LogP contribution is -1.94. The van der Waals surface area contributed by atoms with Crippen LogP contribution in [0.2, 0.25) is 0 Å². The van der Waals surface area contributed by atoms with Crippen LogP contribution >= 0.6 is 0 Å². The fourth-order valence-corrected chi connectivity index (χ4v) is 2.97. The molecule has 0 radical (unpaired) electrons. The Bertz CT molecular complexity index is 802. The van der Waals surface area contributed by atoms with Gasteiger partial charge in [-0.1, -0.05) is 62.4 Å². The molecule has 0 N–H and O–H groups in total. The Morgan fingerprint density at radius 1 is 0.870 bits per heavy atom. The predicted octanol–water partition coefficient (Wildman–Crippen LogP) is 5.92. The molecular weight excluding hydrogens is 278 g/mol. The highest BCUT2D eigenvalue weighted by Crippen LogP contribution is 2.27. The summed E-state index contributed by atoms with van der Waals surface area (Å²) in [5.74, 6) is 0.671. The van der Waals surface area contributed by atoms with Gasteiger partial charge < -0.3 is 0 Å². The van der Waals surface area contributed by atoms with Gasteiger partial charge in [0.1, 0.15) is 0 Å². The van der Waals surface area contributed by atoms with Gasteiger partial charge in [-0.25, -0.2) is 0 Å². The molecule has 1 aromatic heterocycles. The highest BCUT2D eigenvalue weighted by molar-refractivity contribution is 5.72. The molecule has 3 rings (SSSR count). The first-order valence-corrected chi connectivity index (χ1v) is 8.25. The van der Waals surface area contributed by atoms with Gasteiger partial charge in [0, 0.05) is 11.8 Å². The first-order valence-electron chi connectivity index (χ1n) is 8.25. The van der Waals surface area contributed by atoms with Crippen LogP contribution in [0.5, 0.6) is 0 Å². The second kappa shape index (κ2) is 6.78. The van der Waals surface area contributed by atoms with Crippen molar-refractivity contribution in [3.8, 4) is 22.4 Å². The van der Waals surface area contributed by atoms with Crippen LogP contribution < -0.4 is 0 Å². The molecule has 1 nitrogen and oxygen atoms in total. The van der Waals surface area contributed by atoms with Gasteiger partial charge in [0.05, 0.1) is 5.69 Å². The first kappa shape index (κ1) is 15.5. The number of aryl methyl sites for hydroxylation is 1. The van der Waals surface area contributed by atoms with Gasteiger partial charge in [0.15, 0.2) is 0 Å². The number of benzene rings is 2. The Balaban J connectivity index is 1.99. The second-order valence-corrected chi connectivity index (χ2v) is 6.54. The van der Waals surface area contributed by atoms with Crippen LogP contribution in [0, 0.1) is 12.8 Å². The van der Waals surface area contributed by atoms with Gasteiger partial charge in [-0.3, -0.25) is 4.98 Å². The highest BCUT2D eigenvalue weighted by atomic mass is 14.7. The normalized spacial score (nSPS) is 11.0. The molecule has 0 saturated carbocycles. The maximum atomic E-state index is 4.57. The van der Waals surface area contributed by atoms with E-state index in [0.717, 1.165) is 12.1 Å². The monoisotopic (exact) mass is 301 g/mol. The molecule has 0 unspecified atom stereocenters. The lowest BCUT2D eigenvalue weighted by atomic mass is 9.97. The summed E-state index contributed by atoms with van der Waals surface area (Å²) in [5, 5.41) is 0. The van der Waals surface area contributed by atoms with Gasteiger partial charge in [-0.05, 0) is 53.6 Å². The van der Waals surface area contributed by atoms with E-state index in [1.54, 1.807) is 0 Å². The summed E-state index contributed by atoms with van der Waals surface area (Å²) >= 11 is 0. The van der Waals surface area contributed by atoms with Crippen molar-refractivity contribution in [1.82, 2.24) is 4.98 Å². The molecule has 0 fully saturated rings. The van der Waals surface area contributed by atoms with Gasteiger partial charge in [0.25, 0.3) is 0 Å². The van der Waals surface area contributed by atoms with Crippen LogP contribution in [0.15, 0.2) is 66.9 Å². The minimum atomic E-state index is 0.671. The molecule has 0 amide bonds. The molecular formula is C22H23N. The molecule has 116 valence electrons. The topological polar surface area (TPSA) is 12.9 Å². The van der Waals surface area contributed by atoms with Gasteiger partial charge in [-0.2, -0.15) is 0 Å².